The molecule has 1 saturated heterocycles. The number of aliphatic hydroxyl groups excluding tert-OH is 1. The Kier molecular flexibility index (Phi) is 4.16. The molecule has 0 aromatic heterocycles. The van der Waals surface area contributed by atoms with E-state index in [0.29, 0.717) is 6.10 Å². The Labute approximate surface area is 80.5 Å². The van der Waals surface area contributed by atoms with E-state index >= 15 is 0 Å². The molecule has 3 heteroatoms. The minimum Gasteiger partial charge on any atom is -0.396 e. The highest BCUT2D eigenvalue weighted by molar-refractivity contribution is 4.81. The molecule has 0 amide bonds. The maximum atomic E-state index is 8.57. The highest BCUT2D eigenvalue weighted by Gasteiger charge is 2.30. The zero-order valence-corrected chi connectivity index (χ0v) is 8.68. The predicted octanol–water partition coefficient (Wildman–Crippen LogP) is 0.916. The Bertz CT molecular complexity index is 148. The van der Waals surface area contributed by atoms with Crippen molar-refractivity contribution in [2.24, 2.45) is 0 Å². The SMILES string of the molecule is CC1(C)CCC(CNCCCO)O1. The molecule has 1 aliphatic heterocycles. The molecule has 1 unspecified atom stereocenters. The number of aliphatic hydroxyl groups is 1. The molecule has 1 fully saturated rings. The summed E-state index contributed by atoms with van der Waals surface area (Å²) in [6.45, 7) is 6.35. The second-order valence-electron chi connectivity index (χ2n) is 4.32. The zero-order valence-electron chi connectivity index (χ0n) is 8.68. The molecule has 0 aromatic carbocycles. The molecule has 0 aliphatic carbocycles. The first kappa shape index (κ1) is 11.0. The van der Waals surface area contributed by atoms with Crippen LogP contribution in [0.4, 0.5) is 0 Å². The third-order valence-electron chi connectivity index (χ3n) is 2.44. The fourth-order valence-electron chi connectivity index (χ4n) is 1.69. The molecule has 13 heavy (non-hydrogen) atoms. The van der Waals surface area contributed by atoms with Crippen LogP contribution in [0.5, 0.6) is 0 Å². The van der Waals surface area contributed by atoms with E-state index in [9.17, 15) is 0 Å². The van der Waals surface area contributed by atoms with E-state index in [1.165, 1.54) is 0 Å². The van der Waals surface area contributed by atoms with Crippen LogP contribution in [0.25, 0.3) is 0 Å². The highest BCUT2D eigenvalue weighted by atomic mass is 16.5. The molecular formula is C10H21NO2. The van der Waals surface area contributed by atoms with Crippen molar-refractivity contribution >= 4 is 0 Å². The Morgan fingerprint density at radius 1 is 1.54 bits per heavy atom. The summed E-state index contributed by atoms with van der Waals surface area (Å²) < 4.78 is 5.80. The molecule has 1 aliphatic rings. The topological polar surface area (TPSA) is 41.5 Å². The van der Waals surface area contributed by atoms with Crippen LogP contribution in [-0.2, 0) is 4.74 Å². The fraction of sp³-hybridized carbons (Fsp3) is 1.00. The van der Waals surface area contributed by atoms with Gasteiger partial charge < -0.3 is 15.2 Å². The fourth-order valence-corrected chi connectivity index (χ4v) is 1.69. The minimum atomic E-state index is 0.0727. The van der Waals surface area contributed by atoms with Crippen molar-refractivity contribution in [1.82, 2.24) is 5.32 Å². The van der Waals surface area contributed by atoms with Gasteiger partial charge in [0.25, 0.3) is 0 Å². The quantitative estimate of drug-likeness (QED) is 0.629. The smallest absolute Gasteiger partial charge is 0.0707 e. The first-order chi connectivity index (χ1) is 6.14. The summed E-state index contributed by atoms with van der Waals surface area (Å²) in [5, 5.41) is 11.9. The molecule has 0 aromatic rings. The van der Waals surface area contributed by atoms with Crippen molar-refractivity contribution in [1.29, 1.82) is 0 Å². The summed E-state index contributed by atoms with van der Waals surface area (Å²) in [5.41, 5.74) is 0.0727. The first-order valence-electron chi connectivity index (χ1n) is 5.13. The van der Waals surface area contributed by atoms with E-state index in [0.717, 1.165) is 32.4 Å². The number of hydrogen-bond acceptors (Lipinski definition) is 3. The van der Waals surface area contributed by atoms with Crippen molar-refractivity contribution in [2.45, 2.75) is 44.8 Å². The molecule has 1 rings (SSSR count). The average molecular weight is 187 g/mol. The van der Waals surface area contributed by atoms with Crippen LogP contribution in [0.15, 0.2) is 0 Å². The molecule has 0 spiro atoms. The van der Waals surface area contributed by atoms with Gasteiger partial charge in [0.05, 0.1) is 11.7 Å². The van der Waals surface area contributed by atoms with Gasteiger partial charge in [0.15, 0.2) is 0 Å². The maximum absolute atomic E-state index is 8.57. The van der Waals surface area contributed by atoms with Crippen LogP contribution in [-0.4, -0.2) is 36.5 Å². The van der Waals surface area contributed by atoms with Gasteiger partial charge in [0.2, 0.25) is 0 Å². The van der Waals surface area contributed by atoms with E-state index in [-0.39, 0.29) is 12.2 Å². The van der Waals surface area contributed by atoms with Gasteiger partial charge in [-0.2, -0.15) is 0 Å². The van der Waals surface area contributed by atoms with Crippen LogP contribution < -0.4 is 5.32 Å². The van der Waals surface area contributed by atoms with Gasteiger partial charge in [-0.1, -0.05) is 0 Å². The van der Waals surface area contributed by atoms with Gasteiger partial charge in [-0.15, -0.1) is 0 Å². The number of hydrogen-bond donors (Lipinski definition) is 2. The van der Waals surface area contributed by atoms with E-state index in [2.05, 4.69) is 19.2 Å². The van der Waals surface area contributed by atoms with E-state index in [1.807, 2.05) is 0 Å². The molecule has 1 heterocycles. The molecule has 78 valence electrons. The number of ether oxygens (including phenoxy) is 1. The van der Waals surface area contributed by atoms with Gasteiger partial charge >= 0.3 is 0 Å². The largest absolute Gasteiger partial charge is 0.396 e. The van der Waals surface area contributed by atoms with Gasteiger partial charge in [0.1, 0.15) is 0 Å². The standard InChI is InChI=1S/C10H21NO2/c1-10(2)5-4-9(13-10)8-11-6-3-7-12/h9,11-12H,3-8H2,1-2H3. The summed E-state index contributed by atoms with van der Waals surface area (Å²) in [4.78, 5) is 0. The number of nitrogens with one attached hydrogen (secondary N) is 1. The molecule has 0 saturated carbocycles. The Morgan fingerprint density at radius 3 is 2.85 bits per heavy atom. The third-order valence-corrected chi connectivity index (χ3v) is 2.44. The Balaban J connectivity index is 2.04. The lowest BCUT2D eigenvalue weighted by Crippen LogP contribution is -2.30. The lowest BCUT2D eigenvalue weighted by Gasteiger charge is -2.19. The van der Waals surface area contributed by atoms with Gasteiger partial charge in [-0.3, -0.25) is 0 Å². The summed E-state index contributed by atoms with van der Waals surface area (Å²) in [6.07, 6.45) is 3.50. The summed E-state index contributed by atoms with van der Waals surface area (Å²) in [6, 6.07) is 0. The summed E-state index contributed by atoms with van der Waals surface area (Å²) >= 11 is 0. The van der Waals surface area contributed by atoms with Crippen LogP contribution in [0.2, 0.25) is 0 Å². The molecule has 0 radical (unpaired) electrons. The molecular weight excluding hydrogens is 166 g/mol. The van der Waals surface area contributed by atoms with Crippen LogP contribution >= 0.6 is 0 Å². The van der Waals surface area contributed by atoms with Crippen molar-refractivity contribution in [3.63, 3.8) is 0 Å². The molecule has 2 N–H and O–H groups in total. The summed E-state index contributed by atoms with van der Waals surface area (Å²) in [7, 11) is 0. The minimum absolute atomic E-state index is 0.0727. The monoisotopic (exact) mass is 187 g/mol. The van der Waals surface area contributed by atoms with Gasteiger partial charge in [-0.25, -0.2) is 0 Å². The Hall–Kier alpha value is -0.120. The molecule has 0 bridgehead atoms. The normalized spacial score (nSPS) is 26.5. The van der Waals surface area contributed by atoms with Crippen LogP contribution in [0.3, 0.4) is 0 Å². The molecule has 3 nitrogen and oxygen atoms in total. The third kappa shape index (κ3) is 4.07. The first-order valence-corrected chi connectivity index (χ1v) is 5.13. The second kappa shape index (κ2) is 4.94. The average Bonchev–Trinajstić information content (AvgIpc) is 2.40. The predicted molar refractivity (Wildman–Crippen MR) is 52.8 cm³/mol. The maximum Gasteiger partial charge on any atom is 0.0707 e. The van der Waals surface area contributed by atoms with E-state index in [4.69, 9.17) is 9.84 Å². The zero-order chi connectivity index (χ0) is 9.73. The van der Waals surface area contributed by atoms with Crippen LogP contribution in [0, 0.1) is 0 Å². The molecule has 1 atom stereocenters. The van der Waals surface area contributed by atoms with Crippen molar-refractivity contribution < 1.29 is 9.84 Å². The van der Waals surface area contributed by atoms with Crippen molar-refractivity contribution in [3.05, 3.63) is 0 Å². The summed E-state index contributed by atoms with van der Waals surface area (Å²) in [5.74, 6) is 0. The van der Waals surface area contributed by atoms with E-state index in [1.54, 1.807) is 0 Å². The van der Waals surface area contributed by atoms with E-state index < -0.39 is 0 Å². The lowest BCUT2D eigenvalue weighted by atomic mass is 10.1. The Morgan fingerprint density at radius 2 is 2.31 bits per heavy atom. The highest BCUT2D eigenvalue weighted by Crippen LogP contribution is 2.28. The number of rotatable bonds is 5. The van der Waals surface area contributed by atoms with Gasteiger partial charge in [0, 0.05) is 13.2 Å². The lowest BCUT2D eigenvalue weighted by molar-refractivity contribution is -0.0142. The van der Waals surface area contributed by atoms with Crippen molar-refractivity contribution in [3.8, 4) is 0 Å². The van der Waals surface area contributed by atoms with Crippen LogP contribution in [0.1, 0.15) is 33.1 Å². The van der Waals surface area contributed by atoms with Crippen molar-refractivity contribution in [2.75, 3.05) is 19.7 Å². The van der Waals surface area contributed by atoms with Gasteiger partial charge in [-0.05, 0) is 39.7 Å². The second-order valence-corrected chi connectivity index (χ2v) is 4.32.